The minimum Gasteiger partial charge on any atom is -0.448 e. The van der Waals surface area contributed by atoms with Crippen molar-refractivity contribution < 1.29 is 12.9 Å². The monoisotopic (exact) mass is 199 g/mol. The van der Waals surface area contributed by atoms with Crippen molar-refractivity contribution in [2.45, 2.75) is 18.7 Å². The van der Waals surface area contributed by atoms with Crippen LogP contribution in [0.2, 0.25) is 0 Å². The fourth-order valence-corrected chi connectivity index (χ4v) is 1.93. The smallest absolute Gasteiger partial charge is 0.448 e. The summed E-state index contributed by atoms with van der Waals surface area (Å²) in [7, 11) is 0. The highest BCUT2D eigenvalue weighted by Gasteiger charge is 2.45. The van der Waals surface area contributed by atoms with Gasteiger partial charge in [0.25, 0.3) is 0 Å². The van der Waals surface area contributed by atoms with Gasteiger partial charge < -0.3 is 12.9 Å². The van der Waals surface area contributed by atoms with E-state index in [0.29, 0.717) is 5.56 Å². The minimum atomic E-state index is -4.74. The molecule has 1 atom stereocenters. The molecule has 0 nitrogen and oxygen atoms in total. The summed E-state index contributed by atoms with van der Waals surface area (Å²) >= 11 is 0. The third-order valence-electron chi connectivity index (χ3n) is 2.72. The van der Waals surface area contributed by atoms with E-state index in [0.717, 1.165) is 12.8 Å². The molecule has 0 amide bonds. The van der Waals surface area contributed by atoms with Gasteiger partial charge in [-0.15, -0.1) is 0 Å². The summed E-state index contributed by atoms with van der Waals surface area (Å²) < 4.78 is 38.3. The summed E-state index contributed by atoms with van der Waals surface area (Å²) in [5.41, 5.74) is 0.433. The van der Waals surface area contributed by atoms with Crippen molar-refractivity contribution in [3.05, 3.63) is 35.9 Å². The van der Waals surface area contributed by atoms with Crippen LogP contribution in [0.5, 0.6) is 0 Å². The second-order valence-electron chi connectivity index (χ2n) is 3.90. The molecular formula is C10H11BF3-. The third kappa shape index (κ3) is 1.94. The molecule has 0 N–H and O–H groups in total. The lowest BCUT2D eigenvalue weighted by Crippen LogP contribution is -2.28. The summed E-state index contributed by atoms with van der Waals surface area (Å²) in [6.45, 7) is -4.74. The number of benzene rings is 1. The van der Waals surface area contributed by atoms with Gasteiger partial charge in [-0.2, -0.15) is 0 Å². The van der Waals surface area contributed by atoms with Crippen LogP contribution in [0.25, 0.3) is 0 Å². The Hall–Kier alpha value is -0.925. The van der Waals surface area contributed by atoms with Crippen LogP contribution in [0.4, 0.5) is 12.9 Å². The standard InChI is InChI=1S/C10H11BF3/c12-11(13,14)10(9-6-7-9)8-4-2-1-3-5-8/h1-5,9-10H,6-7H2/q-1. The van der Waals surface area contributed by atoms with Crippen LogP contribution in [-0.2, 0) is 0 Å². The van der Waals surface area contributed by atoms with E-state index in [4.69, 9.17) is 0 Å². The molecule has 1 aromatic carbocycles. The Morgan fingerprint density at radius 3 is 2.07 bits per heavy atom. The molecule has 1 aromatic rings. The lowest BCUT2D eigenvalue weighted by molar-refractivity contribution is 0.424. The van der Waals surface area contributed by atoms with E-state index in [2.05, 4.69) is 0 Å². The predicted molar refractivity (Wildman–Crippen MR) is 51.0 cm³/mol. The first kappa shape index (κ1) is 9.62. The van der Waals surface area contributed by atoms with Crippen LogP contribution < -0.4 is 0 Å². The van der Waals surface area contributed by atoms with Crippen molar-refractivity contribution in [3.63, 3.8) is 0 Å². The molecule has 76 valence electrons. The van der Waals surface area contributed by atoms with Crippen LogP contribution in [-0.4, -0.2) is 6.98 Å². The number of halogens is 3. The fourth-order valence-electron chi connectivity index (χ4n) is 1.93. The van der Waals surface area contributed by atoms with E-state index in [1.165, 1.54) is 0 Å². The Morgan fingerprint density at radius 1 is 1.07 bits per heavy atom. The van der Waals surface area contributed by atoms with Gasteiger partial charge in [0.1, 0.15) is 0 Å². The van der Waals surface area contributed by atoms with Gasteiger partial charge in [-0.05, 0) is 5.82 Å². The van der Waals surface area contributed by atoms with Crippen molar-refractivity contribution in [1.29, 1.82) is 0 Å². The summed E-state index contributed by atoms with van der Waals surface area (Å²) in [5, 5.41) is 0. The Balaban J connectivity index is 2.28. The first-order valence-electron chi connectivity index (χ1n) is 4.84. The van der Waals surface area contributed by atoms with E-state index >= 15 is 0 Å². The maximum Gasteiger partial charge on any atom is 0.485 e. The van der Waals surface area contributed by atoms with E-state index in [1.807, 2.05) is 0 Å². The molecule has 1 fully saturated rings. The molecule has 2 rings (SSSR count). The maximum absolute atomic E-state index is 12.8. The van der Waals surface area contributed by atoms with Gasteiger partial charge in [-0.3, -0.25) is 0 Å². The van der Waals surface area contributed by atoms with Gasteiger partial charge in [0, 0.05) is 0 Å². The van der Waals surface area contributed by atoms with E-state index in [9.17, 15) is 12.9 Å². The van der Waals surface area contributed by atoms with Crippen LogP contribution in [0.1, 0.15) is 24.2 Å². The Bertz CT molecular complexity index is 303. The maximum atomic E-state index is 12.8. The van der Waals surface area contributed by atoms with Gasteiger partial charge in [0.15, 0.2) is 0 Å². The van der Waals surface area contributed by atoms with Crippen molar-refractivity contribution >= 4 is 6.98 Å². The number of rotatable bonds is 3. The highest BCUT2D eigenvalue weighted by molar-refractivity contribution is 6.60. The quantitative estimate of drug-likeness (QED) is 0.652. The number of hydrogen-bond acceptors (Lipinski definition) is 0. The van der Waals surface area contributed by atoms with Gasteiger partial charge in [0.2, 0.25) is 0 Å². The molecule has 0 spiro atoms. The van der Waals surface area contributed by atoms with Gasteiger partial charge in [-0.1, -0.05) is 54.7 Å². The normalized spacial score (nSPS) is 19.4. The minimum absolute atomic E-state index is 0.155. The summed E-state index contributed by atoms with van der Waals surface area (Å²) in [6.07, 6.45) is 1.45. The second-order valence-corrected chi connectivity index (χ2v) is 3.90. The molecule has 0 heterocycles. The average Bonchev–Trinajstić information content (AvgIpc) is 2.88. The van der Waals surface area contributed by atoms with Crippen molar-refractivity contribution in [3.8, 4) is 0 Å². The molecule has 14 heavy (non-hydrogen) atoms. The first-order valence-corrected chi connectivity index (χ1v) is 4.84. The van der Waals surface area contributed by atoms with Gasteiger partial charge in [0.05, 0.1) is 0 Å². The summed E-state index contributed by atoms with van der Waals surface area (Å²) in [4.78, 5) is 0. The third-order valence-corrected chi connectivity index (χ3v) is 2.72. The molecule has 1 saturated carbocycles. The number of hydrogen-bond donors (Lipinski definition) is 0. The summed E-state index contributed by atoms with van der Waals surface area (Å²) in [6, 6.07) is 8.26. The molecule has 1 aliphatic rings. The van der Waals surface area contributed by atoms with E-state index in [1.54, 1.807) is 30.3 Å². The van der Waals surface area contributed by atoms with Crippen molar-refractivity contribution in [2.75, 3.05) is 0 Å². The zero-order chi connectivity index (χ0) is 10.2. The topological polar surface area (TPSA) is 0 Å². The zero-order valence-corrected chi connectivity index (χ0v) is 7.67. The highest BCUT2D eigenvalue weighted by atomic mass is 19.4. The molecule has 0 aromatic heterocycles. The van der Waals surface area contributed by atoms with Gasteiger partial charge in [-0.25, -0.2) is 0 Å². The van der Waals surface area contributed by atoms with Crippen molar-refractivity contribution in [2.24, 2.45) is 5.92 Å². The molecule has 0 bridgehead atoms. The van der Waals surface area contributed by atoms with Crippen LogP contribution in [0.15, 0.2) is 30.3 Å². The van der Waals surface area contributed by atoms with E-state index in [-0.39, 0.29) is 5.92 Å². The molecule has 0 saturated heterocycles. The molecule has 0 radical (unpaired) electrons. The Kier molecular flexibility index (Phi) is 2.29. The van der Waals surface area contributed by atoms with E-state index < -0.39 is 12.8 Å². The largest absolute Gasteiger partial charge is 0.485 e. The van der Waals surface area contributed by atoms with Gasteiger partial charge >= 0.3 is 6.98 Å². The Morgan fingerprint density at radius 2 is 1.64 bits per heavy atom. The molecule has 0 aliphatic heterocycles. The van der Waals surface area contributed by atoms with Crippen LogP contribution >= 0.6 is 0 Å². The fraction of sp³-hybridized carbons (Fsp3) is 0.400. The van der Waals surface area contributed by atoms with Crippen molar-refractivity contribution in [1.82, 2.24) is 0 Å². The second kappa shape index (κ2) is 3.33. The highest BCUT2D eigenvalue weighted by Crippen LogP contribution is 2.48. The summed E-state index contributed by atoms with van der Waals surface area (Å²) in [5.74, 6) is -1.34. The average molecular weight is 199 g/mol. The van der Waals surface area contributed by atoms with Crippen LogP contribution in [0, 0.1) is 5.92 Å². The zero-order valence-electron chi connectivity index (χ0n) is 7.67. The first-order chi connectivity index (χ1) is 6.59. The lowest BCUT2D eigenvalue weighted by atomic mass is 9.66. The Labute approximate surface area is 81.2 Å². The molecule has 4 heteroatoms. The lowest BCUT2D eigenvalue weighted by Gasteiger charge is -2.27. The molecular weight excluding hydrogens is 188 g/mol. The molecule has 1 aliphatic carbocycles. The predicted octanol–water partition coefficient (Wildman–Crippen LogP) is 3.57. The SMILES string of the molecule is F[B-](F)(F)C(c1ccccc1)C1CC1. The molecule has 1 unspecified atom stereocenters. The van der Waals surface area contributed by atoms with Crippen LogP contribution in [0.3, 0.4) is 0 Å².